The Labute approximate surface area is 125 Å². The topological polar surface area (TPSA) is 75.6 Å². The highest BCUT2D eigenvalue weighted by atomic mass is 16.6. The Morgan fingerprint density at radius 3 is 2.29 bits per heavy atom. The Kier molecular flexibility index (Phi) is 5.76. The first kappa shape index (κ1) is 17.0. The number of carboxylic acids is 1. The van der Waals surface area contributed by atoms with Gasteiger partial charge < -0.3 is 15.2 Å². The standard InChI is InChI=1S/C16H23NO4/c1-11(14(18)19)13-7-5-12(6-8-13)9-10-17-15(20)21-16(2,3)4/h5-8,11H,9-10H2,1-4H3,(H,17,20)(H,18,19). The van der Waals surface area contributed by atoms with Crippen LogP contribution in [0.1, 0.15) is 44.7 Å². The van der Waals surface area contributed by atoms with E-state index in [1.807, 2.05) is 45.0 Å². The Bertz CT molecular complexity index is 488. The van der Waals surface area contributed by atoms with E-state index in [9.17, 15) is 9.59 Å². The number of aliphatic carboxylic acids is 1. The zero-order valence-corrected chi connectivity index (χ0v) is 13.0. The normalized spacial score (nSPS) is 12.6. The van der Waals surface area contributed by atoms with Gasteiger partial charge in [-0.05, 0) is 45.2 Å². The van der Waals surface area contributed by atoms with E-state index in [0.29, 0.717) is 13.0 Å². The van der Waals surface area contributed by atoms with Crippen molar-refractivity contribution in [3.05, 3.63) is 35.4 Å². The molecular weight excluding hydrogens is 270 g/mol. The molecule has 0 aliphatic carbocycles. The van der Waals surface area contributed by atoms with E-state index in [1.165, 1.54) is 0 Å². The second kappa shape index (κ2) is 7.11. The lowest BCUT2D eigenvalue weighted by Crippen LogP contribution is -2.33. The van der Waals surface area contributed by atoms with Gasteiger partial charge in [0.1, 0.15) is 5.60 Å². The van der Waals surface area contributed by atoms with Gasteiger partial charge in [-0.1, -0.05) is 24.3 Å². The summed E-state index contributed by atoms with van der Waals surface area (Å²) in [7, 11) is 0. The molecular formula is C16H23NO4. The molecule has 0 bridgehead atoms. The molecule has 1 atom stereocenters. The highest BCUT2D eigenvalue weighted by Crippen LogP contribution is 2.16. The van der Waals surface area contributed by atoms with Crippen molar-refractivity contribution in [3.8, 4) is 0 Å². The first-order chi connectivity index (χ1) is 9.69. The van der Waals surface area contributed by atoms with Gasteiger partial charge in [-0.3, -0.25) is 4.79 Å². The van der Waals surface area contributed by atoms with Crippen molar-refractivity contribution in [2.45, 2.75) is 45.6 Å². The number of amides is 1. The molecule has 0 spiro atoms. The summed E-state index contributed by atoms with van der Waals surface area (Å²) in [6.45, 7) is 7.57. The first-order valence-corrected chi connectivity index (χ1v) is 6.97. The van der Waals surface area contributed by atoms with Crippen LogP contribution in [0.3, 0.4) is 0 Å². The average Bonchev–Trinajstić information content (AvgIpc) is 2.36. The summed E-state index contributed by atoms with van der Waals surface area (Å²) >= 11 is 0. The predicted octanol–water partition coefficient (Wildman–Crippen LogP) is 2.94. The summed E-state index contributed by atoms with van der Waals surface area (Å²) in [5.74, 6) is -1.35. The largest absolute Gasteiger partial charge is 0.481 e. The Balaban J connectivity index is 2.43. The zero-order chi connectivity index (χ0) is 16.0. The Morgan fingerprint density at radius 2 is 1.81 bits per heavy atom. The lowest BCUT2D eigenvalue weighted by atomic mass is 9.99. The van der Waals surface area contributed by atoms with Crippen molar-refractivity contribution >= 4 is 12.1 Å². The highest BCUT2D eigenvalue weighted by Gasteiger charge is 2.15. The minimum atomic E-state index is -0.839. The van der Waals surface area contributed by atoms with Crippen LogP contribution >= 0.6 is 0 Å². The maximum absolute atomic E-state index is 11.5. The van der Waals surface area contributed by atoms with Crippen LogP contribution in [-0.4, -0.2) is 29.3 Å². The molecule has 0 saturated heterocycles. The monoisotopic (exact) mass is 293 g/mol. The number of hydrogen-bond acceptors (Lipinski definition) is 3. The molecule has 1 unspecified atom stereocenters. The molecule has 116 valence electrons. The van der Waals surface area contributed by atoms with Gasteiger partial charge in [-0.15, -0.1) is 0 Å². The predicted molar refractivity (Wildman–Crippen MR) is 80.4 cm³/mol. The fourth-order valence-corrected chi connectivity index (χ4v) is 1.74. The molecule has 1 rings (SSSR count). The minimum Gasteiger partial charge on any atom is -0.481 e. The molecule has 1 aromatic rings. The smallest absolute Gasteiger partial charge is 0.407 e. The quantitative estimate of drug-likeness (QED) is 0.875. The summed E-state index contributed by atoms with van der Waals surface area (Å²) in [5.41, 5.74) is 1.30. The number of hydrogen-bond donors (Lipinski definition) is 2. The summed E-state index contributed by atoms with van der Waals surface area (Å²) in [4.78, 5) is 22.4. The van der Waals surface area contributed by atoms with Crippen molar-refractivity contribution in [1.82, 2.24) is 5.32 Å². The molecule has 0 aromatic heterocycles. The molecule has 0 radical (unpaired) electrons. The van der Waals surface area contributed by atoms with E-state index in [0.717, 1.165) is 11.1 Å². The average molecular weight is 293 g/mol. The fraction of sp³-hybridized carbons (Fsp3) is 0.500. The van der Waals surface area contributed by atoms with Crippen molar-refractivity contribution < 1.29 is 19.4 Å². The molecule has 5 nitrogen and oxygen atoms in total. The molecule has 5 heteroatoms. The molecule has 2 N–H and O–H groups in total. The summed E-state index contributed by atoms with van der Waals surface area (Å²) in [6.07, 6.45) is 0.236. The molecule has 21 heavy (non-hydrogen) atoms. The fourth-order valence-electron chi connectivity index (χ4n) is 1.74. The molecule has 1 amide bonds. The van der Waals surface area contributed by atoms with E-state index in [-0.39, 0.29) is 0 Å². The Morgan fingerprint density at radius 1 is 1.24 bits per heavy atom. The van der Waals surface area contributed by atoms with Crippen LogP contribution in [0, 0.1) is 0 Å². The zero-order valence-electron chi connectivity index (χ0n) is 13.0. The van der Waals surface area contributed by atoms with Crippen LogP contribution in [0.5, 0.6) is 0 Å². The van der Waals surface area contributed by atoms with Crippen LogP contribution in [0.2, 0.25) is 0 Å². The van der Waals surface area contributed by atoms with Gasteiger partial charge in [0, 0.05) is 6.54 Å². The second-order valence-electron chi connectivity index (χ2n) is 5.98. The number of rotatable bonds is 5. The summed E-state index contributed by atoms with van der Waals surface area (Å²) in [6, 6.07) is 7.38. The number of alkyl carbamates (subject to hydrolysis) is 1. The number of carbonyl (C=O) groups excluding carboxylic acids is 1. The second-order valence-corrected chi connectivity index (χ2v) is 5.98. The third-order valence-corrected chi connectivity index (χ3v) is 2.93. The number of benzene rings is 1. The molecule has 0 aliphatic heterocycles. The Hall–Kier alpha value is -2.04. The SMILES string of the molecule is CC(C(=O)O)c1ccc(CCNC(=O)OC(C)(C)C)cc1. The van der Waals surface area contributed by atoms with Crippen molar-refractivity contribution in [3.63, 3.8) is 0 Å². The number of carboxylic acid groups (broad SMARTS) is 1. The van der Waals surface area contributed by atoms with Gasteiger partial charge in [0.05, 0.1) is 5.92 Å². The van der Waals surface area contributed by atoms with Crippen LogP contribution in [0.15, 0.2) is 24.3 Å². The van der Waals surface area contributed by atoms with E-state index in [2.05, 4.69) is 5.32 Å². The maximum atomic E-state index is 11.5. The molecule has 0 heterocycles. The number of nitrogens with one attached hydrogen (secondary N) is 1. The van der Waals surface area contributed by atoms with Gasteiger partial charge in [-0.2, -0.15) is 0 Å². The van der Waals surface area contributed by atoms with Gasteiger partial charge in [-0.25, -0.2) is 4.79 Å². The third-order valence-electron chi connectivity index (χ3n) is 2.93. The lowest BCUT2D eigenvalue weighted by Gasteiger charge is -2.19. The van der Waals surface area contributed by atoms with Crippen LogP contribution in [-0.2, 0) is 16.0 Å². The molecule has 0 aliphatic rings. The lowest BCUT2D eigenvalue weighted by molar-refractivity contribution is -0.138. The summed E-state index contributed by atoms with van der Waals surface area (Å²) in [5, 5.41) is 11.6. The number of ether oxygens (including phenoxy) is 1. The molecule has 1 aromatic carbocycles. The van der Waals surface area contributed by atoms with Crippen molar-refractivity contribution in [2.24, 2.45) is 0 Å². The minimum absolute atomic E-state index is 0.432. The molecule has 0 fully saturated rings. The van der Waals surface area contributed by atoms with Gasteiger partial charge in [0.2, 0.25) is 0 Å². The van der Waals surface area contributed by atoms with E-state index >= 15 is 0 Å². The maximum Gasteiger partial charge on any atom is 0.407 e. The third kappa shape index (κ3) is 6.29. The summed E-state index contributed by atoms with van der Waals surface area (Å²) < 4.78 is 5.14. The van der Waals surface area contributed by atoms with E-state index in [1.54, 1.807) is 6.92 Å². The van der Waals surface area contributed by atoms with Gasteiger partial charge in [0.25, 0.3) is 0 Å². The van der Waals surface area contributed by atoms with Crippen LogP contribution in [0.25, 0.3) is 0 Å². The van der Waals surface area contributed by atoms with E-state index in [4.69, 9.17) is 9.84 Å². The van der Waals surface area contributed by atoms with Gasteiger partial charge >= 0.3 is 12.1 Å². The van der Waals surface area contributed by atoms with Crippen LogP contribution in [0.4, 0.5) is 4.79 Å². The first-order valence-electron chi connectivity index (χ1n) is 6.97. The van der Waals surface area contributed by atoms with E-state index < -0.39 is 23.6 Å². The number of carbonyl (C=O) groups is 2. The van der Waals surface area contributed by atoms with Gasteiger partial charge in [0.15, 0.2) is 0 Å². The van der Waals surface area contributed by atoms with Crippen LogP contribution < -0.4 is 5.32 Å². The van der Waals surface area contributed by atoms with Crippen molar-refractivity contribution in [2.75, 3.05) is 6.54 Å². The molecule has 0 saturated carbocycles. The highest BCUT2D eigenvalue weighted by molar-refractivity contribution is 5.75. The van der Waals surface area contributed by atoms with Crippen molar-refractivity contribution in [1.29, 1.82) is 0 Å².